The van der Waals surface area contributed by atoms with Crippen LogP contribution in [0.5, 0.6) is 0 Å². The van der Waals surface area contributed by atoms with Gasteiger partial charge in [-0.1, -0.05) is 18.2 Å². The monoisotopic (exact) mass is 391 g/mol. The predicted molar refractivity (Wildman–Crippen MR) is 104 cm³/mol. The van der Waals surface area contributed by atoms with E-state index in [1.54, 1.807) is 0 Å². The molecule has 4 rings (SSSR count). The van der Waals surface area contributed by atoms with Crippen molar-refractivity contribution in [3.63, 3.8) is 0 Å². The number of hydrogen-bond donors (Lipinski definition) is 4. The molecule has 0 aromatic heterocycles. The maximum atomic E-state index is 12.5. The Morgan fingerprint density at radius 3 is 2.96 bits per heavy atom. The average molecular weight is 391 g/mol. The van der Waals surface area contributed by atoms with E-state index in [1.807, 2.05) is 35.3 Å². The third kappa shape index (κ3) is 4.37. The fourth-order valence-electron chi connectivity index (χ4n) is 3.62. The first-order valence-electron chi connectivity index (χ1n) is 9.35. The molecule has 4 unspecified atom stereocenters. The van der Waals surface area contributed by atoms with E-state index >= 15 is 0 Å². The quantitative estimate of drug-likeness (QED) is 0.542. The highest BCUT2D eigenvalue weighted by atomic mass is 32.2. The molecule has 0 radical (unpaired) electrons. The van der Waals surface area contributed by atoms with Gasteiger partial charge in [0.25, 0.3) is 0 Å². The van der Waals surface area contributed by atoms with Gasteiger partial charge in [-0.15, -0.1) is 11.8 Å². The average Bonchev–Trinajstić information content (AvgIpc) is 3.35. The molecule has 3 aliphatic rings. The van der Waals surface area contributed by atoms with Gasteiger partial charge in [0.05, 0.1) is 23.5 Å². The second-order valence-corrected chi connectivity index (χ2v) is 8.02. The molecule has 2 amide bonds. The van der Waals surface area contributed by atoms with Crippen LogP contribution < -0.4 is 26.4 Å². The number of thioether (sulfide) groups is 1. The molecular formula is C18H25N5O3S. The lowest BCUT2D eigenvalue weighted by Crippen LogP contribution is -2.63. The van der Waals surface area contributed by atoms with Gasteiger partial charge in [-0.3, -0.25) is 19.9 Å². The second kappa shape index (κ2) is 8.47. The molecular weight excluding hydrogens is 366 g/mol. The van der Waals surface area contributed by atoms with E-state index in [2.05, 4.69) is 21.4 Å². The van der Waals surface area contributed by atoms with Gasteiger partial charge in [0, 0.05) is 19.7 Å². The Morgan fingerprint density at radius 2 is 2.19 bits per heavy atom. The van der Waals surface area contributed by atoms with Crippen LogP contribution in [0.15, 0.2) is 30.3 Å². The van der Waals surface area contributed by atoms with E-state index in [0.717, 1.165) is 25.1 Å². The predicted octanol–water partition coefficient (Wildman–Crippen LogP) is -0.0151. The van der Waals surface area contributed by atoms with E-state index in [1.165, 1.54) is 11.8 Å². The SMILES string of the molecule is O=C(CSC1NC(=O)C2CNN(c3ccccc3)C2N1)NCC1CCCO1. The highest BCUT2D eigenvalue weighted by Gasteiger charge is 2.44. The number of ether oxygens (including phenoxy) is 1. The van der Waals surface area contributed by atoms with E-state index in [9.17, 15) is 9.59 Å². The number of benzene rings is 1. The summed E-state index contributed by atoms with van der Waals surface area (Å²) in [5.74, 6) is 0.0661. The molecule has 3 fully saturated rings. The summed E-state index contributed by atoms with van der Waals surface area (Å²) in [7, 11) is 0. The zero-order valence-corrected chi connectivity index (χ0v) is 15.8. The van der Waals surface area contributed by atoms with Crippen LogP contribution in [0, 0.1) is 5.92 Å². The van der Waals surface area contributed by atoms with Gasteiger partial charge in [0.1, 0.15) is 11.7 Å². The van der Waals surface area contributed by atoms with Gasteiger partial charge < -0.3 is 15.4 Å². The third-order valence-electron chi connectivity index (χ3n) is 5.04. The van der Waals surface area contributed by atoms with Crippen molar-refractivity contribution < 1.29 is 14.3 Å². The molecule has 0 saturated carbocycles. The van der Waals surface area contributed by atoms with Crippen molar-refractivity contribution in [2.45, 2.75) is 30.6 Å². The lowest BCUT2D eigenvalue weighted by molar-refractivity contribution is -0.127. The van der Waals surface area contributed by atoms with Gasteiger partial charge in [-0.25, -0.2) is 5.43 Å². The Labute approximate surface area is 162 Å². The first-order chi connectivity index (χ1) is 13.2. The van der Waals surface area contributed by atoms with Gasteiger partial charge >= 0.3 is 0 Å². The number of fused-ring (bicyclic) bond motifs is 1. The number of anilines is 1. The van der Waals surface area contributed by atoms with Crippen LogP contribution in [-0.2, 0) is 14.3 Å². The summed E-state index contributed by atoms with van der Waals surface area (Å²) >= 11 is 1.39. The van der Waals surface area contributed by atoms with Crippen molar-refractivity contribution in [1.82, 2.24) is 21.4 Å². The minimum Gasteiger partial charge on any atom is -0.376 e. The standard InChI is InChI=1S/C18H25N5O3S/c24-15(19-9-13-7-4-8-26-13)11-27-18-21-16-14(17(25)22-18)10-20-23(16)12-5-2-1-3-6-12/h1-3,5-6,13-14,16,18,20-21H,4,7-11H2,(H,19,24)(H,22,25). The van der Waals surface area contributed by atoms with E-state index < -0.39 is 0 Å². The number of para-hydroxylation sites is 1. The fourth-order valence-corrected chi connectivity index (χ4v) is 4.47. The zero-order valence-electron chi connectivity index (χ0n) is 15.0. The number of amides is 2. The van der Waals surface area contributed by atoms with Crippen molar-refractivity contribution in [2.24, 2.45) is 5.92 Å². The molecule has 3 aliphatic heterocycles. The summed E-state index contributed by atoms with van der Waals surface area (Å²) in [5.41, 5.74) is 3.99. The van der Waals surface area contributed by atoms with Crippen LogP contribution in [-0.4, -0.2) is 55.0 Å². The molecule has 9 heteroatoms. The number of carbonyl (C=O) groups excluding carboxylic acids is 2. The van der Waals surface area contributed by atoms with Crippen LogP contribution >= 0.6 is 11.8 Å². The van der Waals surface area contributed by atoms with Crippen molar-refractivity contribution in [3.8, 4) is 0 Å². The van der Waals surface area contributed by atoms with Crippen LogP contribution in [0.4, 0.5) is 5.69 Å². The summed E-state index contributed by atoms with van der Waals surface area (Å²) in [6.45, 7) is 1.92. The molecule has 27 heavy (non-hydrogen) atoms. The summed E-state index contributed by atoms with van der Waals surface area (Å²) in [6.07, 6.45) is 2.05. The lowest BCUT2D eigenvalue weighted by Gasteiger charge is -2.37. The van der Waals surface area contributed by atoms with Crippen molar-refractivity contribution in [1.29, 1.82) is 0 Å². The Kier molecular flexibility index (Phi) is 5.82. The van der Waals surface area contributed by atoms with Gasteiger partial charge in [0.2, 0.25) is 11.8 Å². The number of carbonyl (C=O) groups is 2. The molecule has 4 N–H and O–H groups in total. The molecule has 3 heterocycles. The smallest absolute Gasteiger partial charge is 0.230 e. The van der Waals surface area contributed by atoms with Crippen LogP contribution in [0.25, 0.3) is 0 Å². The Balaban J connectivity index is 1.29. The molecule has 146 valence electrons. The van der Waals surface area contributed by atoms with E-state index in [-0.39, 0.29) is 41.3 Å². The van der Waals surface area contributed by atoms with Crippen molar-refractivity contribution in [2.75, 3.05) is 30.5 Å². The maximum absolute atomic E-state index is 12.5. The number of nitrogens with one attached hydrogen (secondary N) is 4. The molecule has 0 aliphatic carbocycles. The first kappa shape index (κ1) is 18.5. The van der Waals surface area contributed by atoms with E-state index in [4.69, 9.17) is 4.74 Å². The molecule has 3 saturated heterocycles. The van der Waals surface area contributed by atoms with Crippen molar-refractivity contribution in [3.05, 3.63) is 30.3 Å². The molecule has 0 bridgehead atoms. The summed E-state index contributed by atoms with van der Waals surface area (Å²) in [6, 6.07) is 9.91. The summed E-state index contributed by atoms with van der Waals surface area (Å²) < 4.78 is 5.51. The van der Waals surface area contributed by atoms with Crippen molar-refractivity contribution >= 4 is 29.3 Å². The summed E-state index contributed by atoms with van der Waals surface area (Å²) in [4.78, 5) is 24.5. The maximum Gasteiger partial charge on any atom is 0.230 e. The third-order valence-corrected chi connectivity index (χ3v) is 6.06. The molecule has 4 atom stereocenters. The normalized spacial score (nSPS) is 30.1. The molecule has 8 nitrogen and oxygen atoms in total. The van der Waals surface area contributed by atoms with Gasteiger partial charge in [-0.2, -0.15) is 0 Å². The highest BCUT2D eigenvalue weighted by molar-refractivity contribution is 8.00. The molecule has 1 aromatic carbocycles. The Bertz CT molecular complexity index is 670. The van der Waals surface area contributed by atoms with E-state index in [0.29, 0.717) is 13.1 Å². The van der Waals surface area contributed by atoms with Crippen LogP contribution in [0.1, 0.15) is 12.8 Å². The largest absolute Gasteiger partial charge is 0.376 e. The number of hydrazine groups is 1. The Hall–Kier alpha value is -1.81. The summed E-state index contributed by atoms with van der Waals surface area (Å²) in [5, 5.41) is 11.3. The number of hydrogen-bond acceptors (Lipinski definition) is 7. The zero-order chi connectivity index (χ0) is 18.6. The topological polar surface area (TPSA) is 94.7 Å². The van der Waals surface area contributed by atoms with Gasteiger partial charge in [0.15, 0.2) is 0 Å². The Morgan fingerprint density at radius 1 is 1.33 bits per heavy atom. The minimum atomic E-state index is -0.307. The molecule has 1 aromatic rings. The lowest BCUT2D eigenvalue weighted by atomic mass is 10.1. The fraction of sp³-hybridized carbons (Fsp3) is 0.556. The number of rotatable bonds is 6. The highest BCUT2D eigenvalue weighted by Crippen LogP contribution is 2.26. The molecule has 0 spiro atoms. The minimum absolute atomic E-state index is 0.00180. The van der Waals surface area contributed by atoms with Crippen LogP contribution in [0.2, 0.25) is 0 Å². The second-order valence-electron chi connectivity index (χ2n) is 6.92. The van der Waals surface area contributed by atoms with Gasteiger partial charge in [-0.05, 0) is 25.0 Å². The first-order valence-corrected chi connectivity index (χ1v) is 10.4. The number of nitrogens with zero attached hydrogens (tertiary/aromatic N) is 1. The van der Waals surface area contributed by atoms with Crippen LogP contribution in [0.3, 0.4) is 0 Å².